The molecule has 1 amide bonds. The first kappa shape index (κ1) is 19.5. The molecule has 3 heterocycles. The van der Waals surface area contributed by atoms with Crippen LogP contribution in [0.5, 0.6) is 0 Å². The van der Waals surface area contributed by atoms with Crippen molar-refractivity contribution in [2.45, 2.75) is 45.6 Å². The number of carbonyl (C=O) groups excluding carboxylic acids is 1. The van der Waals surface area contributed by atoms with E-state index in [1.165, 1.54) is 0 Å². The summed E-state index contributed by atoms with van der Waals surface area (Å²) in [6.45, 7) is 8.37. The first-order valence-electron chi connectivity index (χ1n) is 8.53. The minimum atomic E-state index is -0.142. The highest BCUT2D eigenvalue weighted by atomic mass is 35.5. The van der Waals surface area contributed by atoms with E-state index in [4.69, 9.17) is 4.52 Å². The maximum absolute atomic E-state index is 12.3. The molecule has 1 fully saturated rings. The van der Waals surface area contributed by atoms with Crippen LogP contribution < -0.4 is 10.6 Å². The largest absolute Gasteiger partial charge is 0.361 e. The summed E-state index contributed by atoms with van der Waals surface area (Å²) in [5.74, 6) is 0.810. The Kier molecular flexibility index (Phi) is 6.61. The molecule has 1 aliphatic heterocycles. The van der Waals surface area contributed by atoms with Gasteiger partial charge in [-0.15, -0.1) is 12.4 Å². The number of nitrogens with zero attached hydrogens (tertiary/aromatic N) is 3. The number of aromatic nitrogens is 3. The third kappa shape index (κ3) is 4.41. The zero-order valence-electron chi connectivity index (χ0n) is 14.9. The van der Waals surface area contributed by atoms with Gasteiger partial charge in [0.1, 0.15) is 11.5 Å². The second-order valence-corrected chi connectivity index (χ2v) is 6.53. The van der Waals surface area contributed by atoms with Gasteiger partial charge < -0.3 is 15.2 Å². The van der Waals surface area contributed by atoms with Gasteiger partial charge in [-0.3, -0.25) is 9.48 Å². The normalized spacial score (nSPS) is 18.4. The molecule has 0 spiro atoms. The highest BCUT2D eigenvalue weighted by molar-refractivity contribution is 5.92. The molecule has 3 rings (SSSR count). The van der Waals surface area contributed by atoms with Gasteiger partial charge in [0.15, 0.2) is 0 Å². The van der Waals surface area contributed by atoms with Crippen molar-refractivity contribution in [3.63, 3.8) is 0 Å². The summed E-state index contributed by atoms with van der Waals surface area (Å²) in [7, 11) is 0. The van der Waals surface area contributed by atoms with Crippen LogP contribution in [0.15, 0.2) is 16.8 Å². The highest BCUT2D eigenvalue weighted by Gasteiger charge is 2.20. The highest BCUT2D eigenvalue weighted by Crippen LogP contribution is 2.22. The van der Waals surface area contributed by atoms with Gasteiger partial charge >= 0.3 is 0 Å². The van der Waals surface area contributed by atoms with Crippen LogP contribution in [0.25, 0.3) is 0 Å². The van der Waals surface area contributed by atoms with E-state index in [9.17, 15) is 4.79 Å². The van der Waals surface area contributed by atoms with Crippen molar-refractivity contribution in [2.24, 2.45) is 0 Å². The fraction of sp³-hybridized carbons (Fsp3) is 0.588. The number of hydrogen-bond donors (Lipinski definition) is 2. The lowest BCUT2D eigenvalue weighted by atomic mass is 9.99. The van der Waals surface area contributed by atoms with Crippen LogP contribution in [0, 0.1) is 13.8 Å². The molecule has 0 bridgehead atoms. The summed E-state index contributed by atoms with van der Waals surface area (Å²) < 4.78 is 7.10. The van der Waals surface area contributed by atoms with Crippen LogP contribution in [0.2, 0.25) is 0 Å². The maximum atomic E-state index is 12.3. The van der Waals surface area contributed by atoms with Crippen LogP contribution in [0.3, 0.4) is 0 Å². The molecule has 25 heavy (non-hydrogen) atoms. The van der Waals surface area contributed by atoms with Crippen molar-refractivity contribution in [3.05, 3.63) is 35.0 Å². The van der Waals surface area contributed by atoms with E-state index in [-0.39, 0.29) is 24.2 Å². The van der Waals surface area contributed by atoms with Crippen molar-refractivity contribution < 1.29 is 9.32 Å². The first-order chi connectivity index (χ1) is 11.6. The predicted octanol–water partition coefficient (Wildman–Crippen LogP) is 2.37. The lowest BCUT2D eigenvalue weighted by molar-refractivity contribution is 0.0945. The molecule has 0 aliphatic carbocycles. The summed E-state index contributed by atoms with van der Waals surface area (Å²) >= 11 is 0. The molecule has 0 radical (unpaired) electrons. The van der Waals surface area contributed by atoms with Crippen LogP contribution in [0.1, 0.15) is 59.2 Å². The number of rotatable bonds is 5. The number of aryl methyl sites for hydroxylation is 2. The third-order valence-electron chi connectivity index (χ3n) is 4.64. The van der Waals surface area contributed by atoms with Crippen molar-refractivity contribution in [1.82, 2.24) is 25.6 Å². The number of amides is 1. The van der Waals surface area contributed by atoms with Crippen LogP contribution in [-0.2, 0) is 0 Å². The van der Waals surface area contributed by atoms with Crippen molar-refractivity contribution in [2.75, 3.05) is 19.6 Å². The second kappa shape index (κ2) is 8.49. The monoisotopic (exact) mass is 367 g/mol. The van der Waals surface area contributed by atoms with E-state index < -0.39 is 0 Å². The minimum absolute atomic E-state index is 0. The molecule has 2 N–H and O–H groups in total. The number of piperidine rings is 1. The molecular weight excluding hydrogens is 342 g/mol. The van der Waals surface area contributed by atoms with Gasteiger partial charge in [0.05, 0.1) is 11.7 Å². The lowest BCUT2D eigenvalue weighted by Gasteiger charge is -2.22. The molecule has 0 saturated carbocycles. The zero-order chi connectivity index (χ0) is 17.1. The van der Waals surface area contributed by atoms with Crippen molar-refractivity contribution in [3.8, 4) is 0 Å². The molecule has 2 aromatic rings. The SMILES string of the molecule is Cc1noc(C)c1C(C)CNC(=O)c1ccn(C2CCCNC2)n1.Cl. The summed E-state index contributed by atoms with van der Waals surface area (Å²) in [5.41, 5.74) is 2.41. The Morgan fingerprint density at radius 2 is 2.32 bits per heavy atom. The summed E-state index contributed by atoms with van der Waals surface area (Å²) in [4.78, 5) is 12.3. The quantitative estimate of drug-likeness (QED) is 0.847. The molecule has 138 valence electrons. The molecule has 0 aromatic carbocycles. The molecule has 1 saturated heterocycles. The fourth-order valence-corrected chi connectivity index (χ4v) is 3.35. The van der Waals surface area contributed by atoms with E-state index >= 15 is 0 Å². The van der Waals surface area contributed by atoms with Gasteiger partial charge in [-0.2, -0.15) is 5.10 Å². The minimum Gasteiger partial charge on any atom is -0.361 e. The number of halogens is 1. The molecular formula is C17H26ClN5O2. The van der Waals surface area contributed by atoms with Crippen LogP contribution in [0.4, 0.5) is 0 Å². The Morgan fingerprint density at radius 3 is 2.96 bits per heavy atom. The van der Waals surface area contributed by atoms with E-state index in [1.807, 2.05) is 24.7 Å². The fourth-order valence-electron chi connectivity index (χ4n) is 3.35. The number of nitrogens with one attached hydrogen (secondary N) is 2. The van der Waals surface area contributed by atoms with E-state index in [0.29, 0.717) is 18.3 Å². The Bertz CT molecular complexity index is 686. The Labute approximate surface area is 153 Å². The second-order valence-electron chi connectivity index (χ2n) is 6.53. The average Bonchev–Trinajstić information content (AvgIpc) is 3.20. The average molecular weight is 368 g/mol. The van der Waals surface area contributed by atoms with E-state index in [0.717, 1.165) is 42.9 Å². The first-order valence-corrected chi connectivity index (χ1v) is 8.53. The molecule has 2 aromatic heterocycles. The number of carbonyl (C=O) groups is 1. The van der Waals surface area contributed by atoms with Gasteiger partial charge in [-0.1, -0.05) is 12.1 Å². The molecule has 7 nitrogen and oxygen atoms in total. The zero-order valence-corrected chi connectivity index (χ0v) is 15.7. The van der Waals surface area contributed by atoms with Crippen LogP contribution >= 0.6 is 12.4 Å². The molecule has 8 heteroatoms. The molecule has 2 atom stereocenters. The van der Waals surface area contributed by atoms with Gasteiger partial charge in [-0.05, 0) is 39.3 Å². The van der Waals surface area contributed by atoms with Crippen molar-refractivity contribution in [1.29, 1.82) is 0 Å². The van der Waals surface area contributed by atoms with Gasteiger partial charge in [0, 0.05) is 30.8 Å². The Morgan fingerprint density at radius 1 is 1.52 bits per heavy atom. The molecule has 1 aliphatic rings. The lowest BCUT2D eigenvalue weighted by Crippen LogP contribution is -2.32. The van der Waals surface area contributed by atoms with E-state index in [1.54, 1.807) is 6.07 Å². The van der Waals surface area contributed by atoms with Gasteiger partial charge in [0.25, 0.3) is 5.91 Å². The standard InChI is InChI=1S/C17H25N5O2.ClH/c1-11(16-12(2)21-24-13(16)3)9-19-17(23)15-6-8-22(20-15)14-5-4-7-18-10-14;/h6,8,11,14,18H,4-5,7,9-10H2,1-3H3,(H,19,23);1H. The Hall–Kier alpha value is -1.86. The van der Waals surface area contributed by atoms with E-state index in [2.05, 4.69) is 27.8 Å². The van der Waals surface area contributed by atoms with Crippen LogP contribution in [-0.4, -0.2) is 40.5 Å². The third-order valence-corrected chi connectivity index (χ3v) is 4.64. The summed E-state index contributed by atoms with van der Waals surface area (Å²) in [6, 6.07) is 2.12. The smallest absolute Gasteiger partial charge is 0.271 e. The Balaban J connectivity index is 0.00000225. The molecule has 2 unspecified atom stereocenters. The maximum Gasteiger partial charge on any atom is 0.271 e. The van der Waals surface area contributed by atoms with Gasteiger partial charge in [-0.25, -0.2) is 0 Å². The topological polar surface area (TPSA) is 85.0 Å². The summed E-state index contributed by atoms with van der Waals surface area (Å²) in [5, 5.41) is 14.7. The predicted molar refractivity (Wildman–Crippen MR) is 97.3 cm³/mol. The number of hydrogen-bond acceptors (Lipinski definition) is 5. The summed E-state index contributed by atoms with van der Waals surface area (Å²) in [6.07, 6.45) is 4.13. The van der Waals surface area contributed by atoms with Crippen molar-refractivity contribution >= 4 is 18.3 Å². The van der Waals surface area contributed by atoms with Gasteiger partial charge in [0.2, 0.25) is 0 Å².